The van der Waals surface area contributed by atoms with Crippen LogP contribution in [0, 0.1) is 0 Å². The zero-order valence-corrected chi connectivity index (χ0v) is 23.3. The molecule has 3 N–H and O–H groups in total. The zero-order valence-electron chi connectivity index (χ0n) is 21.0. The fourth-order valence-corrected chi connectivity index (χ4v) is 5.70. The molecule has 1 unspecified atom stereocenters. The molecule has 4 rings (SSSR count). The van der Waals surface area contributed by atoms with Gasteiger partial charge in [0.05, 0.1) is 25.5 Å². The number of para-hydroxylation sites is 1. The van der Waals surface area contributed by atoms with Gasteiger partial charge in [-0.1, -0.05) is 65.7 Å². The van der Waals surface area contributed by atoms with Crippen molar-refractivity contribution in [3.8, 4) is 5.75 Å². The van der Waals surface area contributed by atoms with E-state index in [4.69, 9.17) is 27.9 Å². The first-order valence-electron chi connectivity index (χ1n) is 11.9. The Morgan fingerprint density at radius 1 is 0.878 bits per heavy atom. The van der Waals surface area contributed by atoms with Crippen molar-refractivity contribution in [3.63, 3.8) is 0 Å². The van der Waals surface area contributed by atoms with Crippen LogP contribution in [0.5, 0.6) is 5.75 Å². The number of ether oxygens (including phenoxy) is 1. The van der Waals surface area contributed by atoms with Gasteiger partial charge in [0.15, 0.2) is 0 Å². The molecule has 210 valence electrons. The molecule has 13 heteroatoms. The molecule has 0 aliphatic heterocycles. The third-order valence-corrected chi connectivity index (χ3v) is 8.11. The second kappa shape index (κ2) is 12.8. The van der Waals surface area contributed by atoms with Crippen molar-refractivity contribution in [1.82, 2.24) is 10.3 Å². The number of halogens is 2. The summed E-state index contributed by atoms with van der Waals surface area (Å²) < 4.78 is 31.5. The van der Waals surface area contributed by atoms with Gasteiger partial charge in [-0.2, -0.15) is 0 Å². The van der Waals surface area contributed by atoms with Crippen molar-refractivity contribution in [2.75, 3.05) is 5.32 Å². The second-order valence-electron chi connectivity index (χ2n) is 8.52. The van der Waals surface area contributed by atoms with Crippen LogP contribution in [0.25, 0.3) is 0 Å². The molecule has 0 fully saturated rings. The Morgan fingerprint density at radius 2 is 1.49 bits per heavy atom. The molecule has 0 saturated heterocycles. The number of urea groups is 1. The number of sulfone groups is 1. The first-order valence-corrected chi connectivity index (χ1v) is 14.1. The van der Waals surface area contributed by atoms with Crippen molar-refractivity contribution in [2.24, 2.45) is 0 Å². The number of nitrogens with zero attached hydrogens (tertiary/aromatic N) is 1. The minimum atomic E-state index is -3.96. The minimum absolute atomic E-state index is 0.0152. The summed E-state index contributed by atoms with van der Waals surface area (Å²) in [5.41, 5.74) is 0.440. The van der Waals surface area contributed by atoms with E-state index in [0.717, 1.165) is 0 Å². The average Bonchev–Trinajstić information content (AvgIpc) is 2.94. The summed E-state index contributed by atoms with van der Waals surface area (Å²) >= 11 is 12.0. The number of carboxylic acids is 1. The Morgan fingerprint density at radius 3 is 2.12 bits per heavy atom. The van der Waals surface area contributed by atoms with Crippen LogP contribution >= 0.6 is 23.2 Å². The van der Waals surface area contributed by atoms with E-state index < -0.39 is 33.8 Å². The predicted octanol–water partition coefficient (Wildman–Crippen LogP) is 5.26. The van der Waals surface area contributed by atoms with Crippen LogP contribution in [0.15, 0.2) is 101 Å². The average molecular weight is 614 g/mol. The SMILES string of the molecule is O=C(Nc1ccccc1S(=O)(=O)c1ccccc1)NC(Cc1ccc(OC(=O)c2c(Cl)cncc2Cl)cc1)C(=O)O. The molecule has 0 spiro atoms. The molecular formula is C28H21Cl2N3O7S. The van der Waals surface area contributed by atoms with Crippen molar-refractivity contribution >= 4 is 56.7 Å². The van der Waals surface area contributed by atoms with Gasteiger partial charge >= 0.3 is 18.0 Å². The quantitative estimate of drug-likeness (QED) is 0.171. The number of nitrogens with one attached hydrogen (secondary N) is 2. The molecule has 41 heavy (non-hydrogen) atoms. The first kappa shape index (κ1) is 29.5. The predicted molar refractivity (Wildman–Crippen MR) is 151 cm³/mol. The van der Waals surface area contributed by atoms with E-state index in [1.165, 1.54) is 67.0 Å². The minimum Gasteiger partial charge on any atom is -0.480 e. The molecular weight excluding hydrogens is 593 g/mol. The number of amides is 2. The van der Waals surface area contributed by atoms with Crippen LogP contribution in [0.4, 0.5) is 10.5 Å². The molecule has 0 radical (unpaired) electrons. The smallest absolute Gasteiger partial charge is 0.346 e. The highest BCUT2D eigenvalue weighted by atomic mass is 35.5. The van der Waals surface area contributed by atoms with E-state index in [1.54, 1.807) is 24.3 Å². The lowest BCUT2D eigenvalue weighted by atomic mass is 10.1. The lowest BCUT2D eigenvalue weighted by Gasteiger charge is -2.17. The van der Waals surface area contributed by atoms with Gasteiger partial charge in [-0.15, -0.1) is 0 Å². The number of aliphatic carboxylic acids is 1. The van der Waals surface area contributed by atoms with Crippen LogP contribution in [0.1, 0.15) is 15.9 Å². The van der Waals surface area contributed by atoms with Gasteiger partial charge in [-0.05, 0) is 42.0 Å². The number of anilines is 1. The Balaban J connectivity index is 1.43. The monoisotopic (exact) mass is 613 g/mol. The molecule has 1 heterocycles. The highest BCUT2D eigenvalue weighted by molar-refractivity contribution is 7.91. The summed E-state index contributed by atoms with van der Waals surface area (Å²) in [6, 6.07) is 17.2. The summed E-state index contributed by atoms with van der Waals surface area (Å²) in [6.45, 7) is 0. The van der Waals surface area contributed by atoms with E-state index >= 15 is 0 Å². The number of hydrogen-bond acceptors (Lipinski definition) is 7. The molecule has 0 aliphatic carbocycles. The molecule has 4 aromatic rings. The fraction of sp³-hybridized carbons (Fsp3) is 0.0714. The molecule has 2 amide bonds. The lowest BCUT2D eigenvalue weighted by Crippen LogP contribution is -2.44. The molecule has 3 aromatic carbocycles. The fourth-order valence-electron chi connectivity index (χ4n) is 3.74. The summed E-state index contributed by atoms with van der Waals surface area (Å²) in [4.78, 5) is 40.8. The Hall–Kier alpha value is -4.45. The number of carboxylic acid groups (broad SMARTS) is 1. The molecule has 1 aromatic heterocycles. The molecule has 1 atom stereocenters. The van der Waals surface area contributed by atoms with Crippen LogP contribution in [-0.4, -0.2) is 42.5 Å². The van der Waals surface area contributed by atoms with Gasteiger partial charge in [0, 0.05) is 18.8 Å². The first-order chi connectivity index (χ1) is 19.6. The van der Waals surface area contributed by atoms with Crippen molar-refractivity contribution < 1.29 is 32.6 Å². The van der Waals surface area contributed by atoms with Gasteiger partial charge in [-0.3, -0.25) is 4.98 Å². The van der Waals surface area contributed by atoms with Gasteiger partial charge in [0.25, 0.3) is 0 Å². The topological polar surface area (TPSA) is 152 Å². The van der Waals surface area contributed by atoms with Gasteiger partial charge < -0.3 is 20.5 Å². The van der Waals surface area contributed by atoms with Gasteiger partial charge in [-0.25, -0.2) is 22.8 Å². The van der Waals surface area contributed by atoms with Crippen molar-refractivity contribution in [2.45, 2.75) is 22.3 Å². The number of rotatable bonds is 9. The van der Waals surface area contributed by atoms with Crippen LogP contribution < -0.4 is 15.4 Å². The van der Waals surface area contributed by atoms with Crippen LogP contribution in [-0.2, 0) is 21.1 Å². The maximum absolute atomic E-state index is 13.1. The third-order valence-electron chi connectivity index (χ3n) is 5.71. The summed E-state index contributed by atoms with van der Waals surface area (Å²) in [7, 11) is -3.96. The van der Waals surface area contributed by atoms with E-state index in [0.29, 0.717) is 5.56 Å². The van der Waals surface area contributed by atoms with Crippen molar-refractivity contribution in [1.29, 1.82) is 0 Å². The Labute approximate surface area is 244 Å². The van der Waals surface area contributed by atoms with Crippen molar-refractivity contribution in [3.05, 3.63) is 112 Å². The zero-order chi connectivity index (χ0) is 29.6. The standard InChI is InChI=1S/C28H21Cl2N3O7S/c29-20-15-31-16-21(30)25(20)27(36)40-18-12-10-17(11-13-18)14-23(26(34)35)33-28(37)32-22-8-4-5-9-24(22)41(38,39)19-6-2-1-3-7-19/h1-13,15-16,23H,14H2,(H,34,35)(H2,32,33,37). The molecule has 0 aliphatic rings. The number of benzene rings is 3. The summed E-state index contributed by atoms with van der Waals surface area (Å²) in [6.07, 6.45) is 2.38. The lowest BCUT2D eigenvalue weighted by molar-refractivity contribution is -0.139. The second-order valence-corrected chi connectivity index (χ2v) is 11.3. The van der Waals surface area contributed by atoms with E-state index in [-0.39, 0.29) is 43.3 Å². The number of esters is 1. The largest absolute Gasteiger partial charge is 0.480 e. The number of pyridine rings is 1. The summed E-state index contributed by atoms with van der Waals surface area (Å²) in [5.74, 6) is -1.97. The number of aromatic nitrogens is 1. The van der Waals surface area contributed by atoms with E-state index in [2.05, 4.69) is 15.6 Å². The normalized spacial score (nSPS) is 11.8. The van der Waals surface area contributed by atoms with Gasteiger partial charge in [0.1, 0.15) is 17.4 Å². The molecule has 0 saturated carbocycles. The maximum atomic E-state index is 13.1. The highest BCUT2D eigenvalue weighted by Crippen LogP contribution is 2.28. The van der Waals surface area contributed by atoms with Gasteiger partial charge in [0.2, 0.25) is 9.84 Å². The third kappa shape index (κ3) is 7.20. The Bertz CT molecular complexity index is 1680. The van der Waals surface area contributed by atoms with E-state index in [9.17, 15) is 27.9 Å². The van der Waals surface area contributed by atoms with E-state index in [1.807, 2.05) is 0 Å². The molecule has 10 nitrogen and oxygen atoms in total. The summed E-state index contributed by atoms with van der Waals surface area (Å²) in [5, 5.41) is 14.5. The van der Waals surface area contributed by atoms with Crippen LogP contribution in [0.3, 0.4) is 0 Å². The number of hydrogen-bond donors (Lipinski definition) is 3. The maximum Gasteiger partial charge on any atom is 0.346 e. The number of carbonyl (C=O) groups excluding carboxylic acids is 2. The highest BCUT2D eigenvalue weighted by Gasteiger charge is 2.25. The number of carbonyl (C=O) groups is 3. The van der Waals surface area contributed by atoms with Crippen LogP contribution in [0.2, 0.25) is 10.0 Å². The Kier molecular flexibility index (Phi) is 9.23. The molecule has 0 bridgehead atoms.